The number of nitrogens with zero attached hydrogens (tertiary/aromatic N) is 1. The van der Waals surface area contributed by atoms with E-state index in [-0.39, 0.29) is 27.9 Å². The van der Waals surface area contributed by atoms with E-state index in [0.717, 1.165) is 0 Å². The molecule has 0 aromatic heterocycles. The summed E-state index contributed by atoms with van der Waals surface area (Å²) in [5.41, 5.74) is 2.25. The van der Waals surface area contributed by atoms with Gasteiger partial charge in [0.15, 0.2) is 16.7 Å². The molecule has 142 valence electrons. The predicted octanol–water partition coefficient (Wildman–Crippen LogP) is 4.18. The largest absolute Gasteiger partial charge is 0.332 e. The Morgan fingerprint density at radius 1 is 0.793 bits per heavy atom. The molecule has 0 bridgehead atoms. The molecule has 2 N–H and O–H groups in total. The highest BCUT2D eigenvalue weighted by Crippen LogP contribution is 2.32. The molecule has 0 heterocycles. The van der Waals surface area contributed by atoms with Gasteiger partial charge in [0.2, 0.25) is 0 Å². The minimum absolute atomic E-state index is 0.0330. The number of nitrogens with one attached hydrogen (secondary N) is 2. The minimum atomic E-state index is -0.489. The van der Waals surface area contributed by atoms with Crippen LogP contribution in [-0.4, -0.2) is 21.6 Å². The summed E-state index contributed by atoms with van der Waals surface area (Å²) in [7, 11) is 0. The average Bonchev–Trinajstić information content (AvgIpc) is 2.72. The highest BCUT2D eigenvalue weighted by molar-refractivity contribution is 7.80. The van der Waals surface area contributed by atoms with Crippen LogP contribution in [0.2, 0.25) is 0 Å². The molecule has 0 amide bonds. The molecule has 0 spiro atoms. The van der Waals surface area contributed by atoms with Gasteiger partial charge in [-0.1, -0.05) is 36.4 Å². The topological polar surface area (TPSA) is 101 Å². The first-order valence-electron chi connectivity index (χ1n) is 8.59. The second kappa shape index (κ2) is 7.25. The third-order valence-corrected chi connectivity index (χ3v) is 4.74. The van der Waals surface area contributed by atoms with Gasteiger partial charge in [-0.2, -0.15) is 0 Å². The van der Waals surface area contributed by atoms with Crippen LogP contribution in [0.5, 0.6) is 0 Å². The highest BCUT2D eigenvalue weighted by atomic mass is 32.1. The van der Waals surface area contributed by atoms with Crippen LogP contribution >= 0.6 is 12.2 Å². The summed E-state index contributed by atoms with van der Waals surface area (Å²) in [6.45, 7) is 0. The van der Waals surface area contributed by atoms with E-state index in [1.54, 1.807) is 42.5 Å². The van der Waals surface area contributed by atoms with Gasteiger partial charge in [0.1, 0.15) is 0 Å². The number of rotatable bonds is 3. The molecule has 0 radical (unpaired) electrons. The smallest absolute Gasteiger partial charge is 0.269 e. The van der Waals surface area contributed by atoms with Crippen molar-refractivity contribution < 1.29 is 14.5 Å². The van der Waals surface area contributed by atoms with E-state index in [1.165, 1.54) is 24.3 Å². The molecule has 0 aliphatic heterocycles. The Labute approximate surface area is 170 Å². The van der Waals surface area contributed by atoms with E-state index in [4.69, 9.17) is 12.2 Å². The molecule has 3 aromatic carbocycles. The number of hydrogen-bond acceptors (Lipinski definition) is 5. The van der Waals surface area contributed by atoms with Crippen LogP contribution in [0, 0.1) is 10.1 Å². The molecule has 0 fully saturated rings. The average molecular weight is 403 g/mol. The number of non-ortho nitro benzene ring substituents is 1. The molecular weight excluding hydrogens is 390 g/mol. The molecule has 4 rings (SSSR count). The number of anilines is 2. The van der Waals surface area contributed by atoms with Gasteiger partial charge in [-0.15, -0.1) is 0 Å². The Hall–Kier alpha value is -3.91. The number of nitro benzene ring substituents is 1. The van der Waals surface area contributed by atoms with Crippen molar-refractivity contribution >= 4 is 46.0 Å². The third-order valence-electron chi connectivity index (χ3n) is 4.54. The summed E-state index contributed by atoms with van der Waals surface area (Å²) in [4.78, 5) is 36.0. The van der Waals surface area contributed by atoms with Crippen molar-refractivity contribution in [2.45, 2.75) is 0 Å². The molecule has 0 saturated heterocycles. The number of ketones is 2. The monoisotopic (exact) mass is 403 g/mol. The summed E-state index contributed by atoms with van der Waals surface area (Å²) in [5, 5.41) is 16.8. The Kier molecular flexibility index (Phi) is 4.61. The predicted molar refractivity (Wildman–Crippen MR) is 113 cm³/mol. The van der Waals surface area contributed by atoms with Crippen molar-refractivity contribution in [3.05, 3.63) is 99.1 Å². The maximum atomic E-state index is 13.0. The van der Waals surface area contributed by atoms with Crippen molar-refractivity contribution in [2.75, 3.05) is 10.6 Å². The Morgan fingerprint density at radius 3 is 2.07 bits per heavy atom. The number of hydrogen-bond donors (Lipinski definition) is 2. The van der Waals surface area contributed by atoms with E-state index in [1.807, 2.05) is 0 Å². The molecule has 0 saturated carbocycles. The van der Waals surface area contributed by atoms with Gasteiger partial charge in [-0.25, -0.2) is 0 Å². The zero-order valence-corrected chi connectivity index (χ0v) is 15.7. The first kappa shape index (κ1) is 18.5. The van der Waals surface area contributed by atoms with Crippen LogP contribution in [-0.2, 0) is 0 Å². The minimum Gasteiger partial charge on any atom is -0.332 e. The third kappa shape index (κ3) is 3.37. The van der Waals surface area contributed by atoms with Crippen molar-refractivity contribution in [1.82, 2.24) is 0 Å². The standard InChI is InChI=1S/C21H13N3O4S/c25-19-14-4-1-2-5-15(14)20(26)18-16(19)6-3-7-17(18)23-21(29)22-12-8-10-13(11-9-12)24(27)28/h1-11H,(H2,22,23,29). The number of carbonyl (C=O) groups excluding carboxylic acids is 2. The van der Waals surface area contributed by atoms with E-state index in [9.17, 15) is 19.7 Å². The van der Waals surface area contributed by atoms with Gasteiger partial charge < -0.3 is 10.6 Å². The summed E-state index contributed by atoms with van der Waals surface area (Å²) in [6.07, 6.45) is 0. The molecule has 7 nitrogen and oxygen atoms in total. The van der Waals surface area contributed by atoms with Crippen molar-refractivity contribution in [1.29, 1.82) is 0 Å². The van der Waals surface area contributed by atoms with Gasteiger partial charge in [0.05, 0.1) is 16.2 Å². The van der Waals surface area contributed by atoms with Gasteiger partial charge >= 0.3 is 0 Å². The van der Waals surface area contributed by atoms with Gasteiger partial charge in [-0.05, 0) is 30.4 Å². The summed E-state index contributed by atoms with van der Waals surface area (Å²) < 4.78 is 0. The normalized spacial score (nSPS) is 12.0. The van der Waals surface area contributed by atoms with Crippen LogP contribution in [0.3, 0.4) is 0 Å². The lowest BCUT2D eigenvalue weighted by molar-refractivity contribution is -0.384. The molecule has 1 aliphatic rings. The first-order chi connectivity index (χ1) is 14.0. The molecular formula is C21H13N3O4S. The number of benzene rings is 3. The van der Waals surface area contributed by atoms with Gasteiger partial charge in [0, 0.05) is 34.5 Å². The molecule has 0 atom stereocenters. The van der Waals surface area contributed by atoms with E-state index >= 15 is 0 Å². The number of carbonyl (C=O) groups is 2. The fourth-order valence-electron chi connectivity index (χ4n) is 3.20. The lowest BCUT2D eigenvalue weighted by Crippen LogP contribution is -2.25. The summed E-state index contributed by atoms with van der Waals surface area (Å²) in [6, 6.07) is 17.4. The second-order valence-electron chi connectivity index (χ2n) is 6.32. The number of thiocarbonyl (C=S) groups is 1. The first-order valence-corrected chi connectivity index (χ1v) is 9.00. The Balaban J connectivity index is 1.60. The summed E-state index contributed by atoms with van der Waals surface area (Å²) in [5.74, 6) is -0.468. The molecule has 29 heavy (non-hydrogen) atoms. The molecule has 8 heteroatoms. The van der Waals surface area contributed by atoms with Gasteiger partial charge in [0.25, 0.3) is 5.69 Å². The zero-order valence-electron chi connectivity index (χ0n) is 14.8. The van der Waals surface area contributed by atoms with E-state index < -0.39 is 4.92 Å². The maximum absolute atomic E-state index is 13.0. The summed E-state index contributed by atoms with van der Waals surface area (Å²) >= 11 is 5.30. The SMILES string of the molecule is O=C1c2ccccc2C(=O)c2c(NC(=S)Nc3ccc([N+](=O)[O-])cc3)cccc21. The number of fused-ring (bicyclic) bond motifs is 2. The Morgan fingerprint density at radius 2 is 1.41 bits per heavy atom. The van der Waals surface area contributed by atoms with E-state index in [0.29, 0.717) is 28.1 Å². The van der Waals surface area contributed by atoms with E-state index in [2.05, 4.69) is 10.6 Å². The maximum Gasteiger partial charge on any atom is 0.269 e. The van der Waals surface area contributed by atoms with Gasteiger partial charge in [-0.3, -0.25) is 19.7 Å². The van der Waals surface area contributed by atoms with Crippen LogP contribution in [0.25, 0.3) is 0 Å². The Bertz CT molecular complexity index is 1190. The van der Waals surface area contributed by atoms with Crippen LogP contribution < -0.4 is 10.6 Å². The lowest BCUT2D eigenvalue weighted by Gasteiger charge is -2.21. The number of nitro groups is 1. The molecule has 3 aromatic rings. The highest BCUT2D eigenvalue weighted by Gasteiger charge is 2.31. The van der Waals surface area contributed by atoms with Crippen molar-refractivity contribution in [3.8, 4) is 0 Å². The van der Waals surface area contributed by atoms with Crippen LogP contribution in [0.15, 0.2) is 66.7 Å². The quantitative estimate of drug-likeness (QED) is 0.301. The molecule has 0 unspecified atom stereocenters. The second-order valence-corrected chi connectivity index (χ2v) is 6.72. The fourth-order valence-corrected chi connectivity index (χ4v) is 3.43. The molecule has 1 aliphatic carbocycles. The lowest BCUT2D eigenvalue weighted by atomic mass is 9.83. The zero-order chi connectivity index (χ0) is 20.5. The fraction of sp³-hybridized carbons (Fsp3) is 0. The van der Waals surface area contributed by atoms with Crippen molar-refractivity contribution in [2.24, 2.45) is 0 Å². The van der Waals surface area contributed by atoms with Crippen molar-refractivity contribution in [3.63, 3.8) is 0 Å². The van der Waals surface area contributed by atoms with Crippen LogP contribution in [0.1, 0.15) is 31.8 Å². The van der Waals surface area contributed by atoms with Crippen LogP contribution in [0.4, 0.5) is 17.1 Å².